The number of rotatable bonds is 7. The molecule has 4 nitrogen and oxygen atoms in total. The van der Waals surface area contributed by atoms with Gasteiger partial charge in [-0.3, -0.25) is 0 Å². The third-order valence-electron chi connectivity index (χ3n) is 11.8. The summed E-state index contributed by atoms with van der Waals surface area (Å²) < 4.78 is 4.74. The first-order chi connectivity index (χ1) is 30.7. The van der Waals surface area contributed by atoms with Crippen molar-refractivity contribution in [1.29, 1.82) is 0 Å². The highest BCUT2D eigenvalue weighted by molar-refractivity contribution is 7.26. The number of aromatic nitrogens is 4. The first kappa shape index (κ1) is 35.9. The van der Waals surface area contributed by atoms with E-state index in [1.54, 1.807) is 0 Å². The summed E-state index contributed by atoms with van der Waals surface area (Å²) in [7, 11) is 0. The van der Waals surface area contributed by atoms with Crippen LogP contribution in [0.15, 0.2) is 218 Å². The molecule has 0 bridgehead atoms. The van der Waals surface area contributed by atoms with Gasteiger partial charge in [0.2, 0.25) is 0 Å². The van der Waals surface area contributed by atoms with E-state index >= 15 is 0 Å². The Bertz CT molecular complexity index is 3610. The molecule has 0 saturated carbocycles. The molecule has 5 heteroatoms. The highest BCUT2D eigenvalue weighted by Crippen LogP contribution is 2.43. The highest BCUT2D eigenvalue weighted by atomic mass is 32.1. The molecule has 0 N–H and O–H groups in total. The molecule has 0 radical (unpaired) electrons. The van der Waals surface area contributed by atoms with E-state index < -0.39 is 0 Å². The number of pyridine rings is 1. The number of fused-ring (bicyclic) bond motifs is 6. The standard InChI is InChI=1S/C57H36N4S/c1-4-16-38(17-5-1)51-35-43-22-10-11-25-45(43)55-53(54(60-61(51)55)40-18-6-2-7-19-40)39-32-30-37(31-33-39)49-36-50(59-57(58-49)41-20-8-3-9-21-41)44-24-14-23-42(34-44)46-27-15-28-48-47-26-12-13-29-52(47)62-56(46)48/h1-36H. The van der Waals surface area contributed by atoms with E-state index in [2.05, 4.69) is 205 Å². The minimum Gasteiger partial charge on any atom is -0.231 e. The molecule has 0 aliphatic rings. The Hall–Kier alpha value is -7.99. The largest absolute Gasteiger partial charge is 0.231 e. The predicted octanol–water partition coefficient (Wildman–Crippen LogP) is 15.3. The van der Waals surface area contributed by atoms with Gasteiger partial charge in [-0.2, -0.15) is 5.10 Å². The SMILES string of the molecule is c1ccc(-c2nc(-c3ccc(-c4c(-c5ccccc5)nn5c(-c6ccccc6)cc6ccccc6c45)cc3)cc(-c3cccc(-c4cccc5c4sc4ccccc45)c3)n2)cc1. The lowest BCUT2D eigenvalue weighted by Crippen LogP contribution is -1.96. The zero-order valence-corrected chi connectivity index (χ0v) is 34.3. The second-order valence-electron chi connectivity index (χ2n) is 15.6. The van der Waals surface area contributed by atoms with Gasteiger partial charge < -0.3 is 0 Å². The molecule has 0 amide bonds. The summed E-state index contributed by atoms with van der Waals surface area (Å²) in [5.74, 6) is 0.688. The molecular formula is C57H36N4S. The molecule has 4 aromatic heterocycles. The zero-order chi connectivity index (χ0) is 41.0. The quantitative estimate of drug-likeness (QED) is 0.161. The van der Waals surface area contributed by atoms with Gasteiger partial charge in [0.1, 0.15) is 5.69 Å². The van der Waals surface area contributed by atoms with Crippen LogP contribution >= 0.6 is 11.3 Å². The molecule has 0 atom stereocenters. The number of hydrogen-bond acceptors (Lipinski definition) is 4. The van der Waals surface area contributed by atoms with Gasteiger partial charge in [-0.15, -0.1) is 11.3 Å². The van der Waals surface area contributed by atoms with Crippen LogP contribution in [0.2, 0.25) is 0 Å². The van der Waals surface area contributed by atoms with Crippen molar-refractivity contribution >= 4 is 47.8 Å². The third kappa shape index (κ3) is 6.18. The van der Waals surface area contributed by atoms with Crippen molar-refractivity contribution in [2.24, 2.45) is 0 Å². The maximum Gasteiger partial charge on any atom is 0.160 e. The lowest BCUT2D eigenvalue weighted by atomic mass is 9.95. The lowest BCUT2D eigenvalue weighted by molar-refractivity contribution is 0.979. The Morgan fingerprint density at radius 2 is 0.968 bits per heavy atom. The van der Waals surface area contributed by atoms with Gasteiger partial charge in [-0.1, -0.05) is 194 Å². The molecule has 12 rings (SSSR count). The van der Waals surface area contributed by atoms with Crippen LogP contribution in [0.4, 0.5) is 0 Å². The Balaban J connectivity index is 1.01. The van der Waals surface area contributed by atoms with Gasteiger partial charge in [-0.25, -0.2) is 14.5 Å². The summed E-state index contributed by atoms with van der Waals surface area (Å²) in [6, 6.07) is 77.3. The van der Waals surface area contributed by atoms with E-state index in [4.69, 9.17) is 15.1 Å². The average molecular weight is 809 g/mol. The lowest BCUT2D eigenvalue weighted by Gasteiger charge is -2.12. The smallest absolute Gasteiger partial charge is 0.160 e. The maximum atomic E-state index is 5.41. The fourth-order valence-corrected chi connectivity index (χ4v) is 10.1. The van der Waals surface area contributed by atoms with Crippen LogP contribution in [0.5, 0.6) is 0 Å². The van der Waals surface area contributed by atoms with E-state index in [1.807, 2.05) is 29.5 Å². The van der Waals surface area contributed by atoms with Gasteiger partial charge in [0, 0.05) is 58.9 Å². The molecule has 62 heavy (non-hydrogen) atoms. The summed E-state index contributed by atoms with van der Waals surface area (Å²) in [5.41, 5.74) is 14.6. The van der Waals surface area contributed by atoms with Crippen molar-refractivity contribution in [3.8, 4) is 78.7 Å². The van der Waals surface area contributed by atoms with E-state index in [-0.39, 0.29) is 0 Å². The van der Waals surface area contributed by atoms with Gasteiger partial charge in [0.15, 0.2) is 5.82 Å². The summed E-state index contributed by atoms with van der Waals surface area (Å²) in [5, 5.41) is 10.3. The molecule has 0 aliphatic heterocycles. The van der Waals surface area contributed by atoms with Gasteiger partial charge >= 0.3 is 0 Å². The fraction of sp³-hybridized carbons (Fsp3) is 0. The Morgan fingerprint density at radius 1 is 0.387 bits per heavy atom. The molecule has 0 saturated heterocycles. The van der Waals surface area contributed by atoms with Crippen molar-refractivity contribution in [3.05, 3.63) is 218 Å². The number of nitrogens with zero attached hydrogens (tertiary/aromatic N) is 4. The number of benzene rings is 8. The summed E-state index contributed by atoms with van der Waals surface area (Å²) in [4.78, 5) is 10.4. The second kappa shape index (κ2) is 14.9. The second-order valence-corrected chi connectivity index (χ2v) is 16.7. The molecule has 0 unspecified atom stereocenters. The topological polar surface area (TPSA) is 43.1 Å². The Morgan fingerprint density at radius 3 is 1.74 bits per heavy atom. The monoisotopic (exact) mass is 808 g/mol. The van der Waals surface area contributed by atoms with Crippen molar-refractivity contribution in [2.45, 2.75) is 0 Å². The molecule has 0 aliphatic carbocycles. The maximum absolute atomic E-state index is 5.41. The predicted molar refractivity (Wildman–Crippen MR) is 259 cm³/mol. The third-order valence-corrected chi connectivity index (χ3v) is 13.1. The first-order valence-electron chi connectivity index (χ1n) is 20.9. The minimum atomic E-state index is 0.688. The van der Waals surface area contributed by atoms with Gasteiger partial charge in [0.25, 0.3) is 0 Å². The van der Waals surface area contributed by atoms with Crippen LogP contribution in [0.25, 0.3) is 115 Å². The van der Waals surface area contributed by atoms with E-state index in [0.29, 0.717) is 5.82 Å². The normalized spacial score (nSPS) is 11.5. The zero-order valence-electron chi connectivity index (χ0n) is 33.5. The van der Waals surface area contributed by atoms with Crippen LogP contribution < -0.4 is 0 Å². The summed E-state index contributed by atoms with van der Waals surface area (Å²) in [6.45, 7) is 0. The van der Waals surface area contributed by atoms with Crippen molar-refractivity contribution in [2.75, 3.05) is 0 Å². The van der Waals surface area contributed by atoms with Crippen LogP contribution in [-0.4, -0.2) is 19.6 Å². The summed E-state index contributed by atoms with van der Waals surface area (Å²) in [6.07, 6.45) is 0. The van der Waals surface area contributed by atoms with Crippen LogP contribution in [0.1, 0.15) is 0 Å². The van der Waals surface area contributed by atoms with Crippen LogP contribution in [-0.2, 0) is 0 Å². The van der Waals surface area contributed by atoms with Gasteiger partial charge in [0.05, 0.1) is 22.6 Å². The summed E-state index contributed by atoms with van der Waals surface area (Å²) >= 11 is 1.85. The Labute approximate surface area is 362 Å². The van der Waals surface area contributed by atoms with Crippen LogP contribution in [0, 0.1) is 0 Å². The number of thiophene rings is 1. The molecule has 0 fully saturated rings. The van der Waals surface area contributed by atoms with Crippen LogP contribution in [0.3, 0.4) is 0 Å². The van der Waals surface area contributed by atoms with Gasteiger partial charge in [-0.05, 0) is 46.3 Å². The van der Waals surface area contributed by atoms with E-state index in [1.165, 1.54) is 31.1 Å². The minimum absolute atomic E-state index is 0.688. The molecular weight excluding hydrogens is 773 g/mol. The number of hydrogen-bond donors (Lipinski definition) is 0. The highest BCUT2D eigenvalue weighted by Gasteiger charge is 2.22. The molecule has 8 aromatic carbocycles. The van der Waals surface area contributed by atoms with E-state index in [0.717, 1.165) is 78.2 Å². The fourth-order valence-electron chi connectivity index (χ4n) is 8.86. The van der Waals surface area contributed by atoms with E-state index in [9.17, 15) is 0 Å². The average Bonchev–Trinajstić information content (AvgIpc) is 3.95. The first-order valence-corrected chi connectivity index (χ1v) is 21.7. The van der Waals surface area contributed by atoms with Crippen molar-refractivity contribution < 1.29 is 0 Å². The molecule has 0 spiro atoms. The molecule has 12 aromatic rings. The van der Waals surface area contributed by atoms with Crippen molar-refractivity contribution in [1.82, 2.24) is 19.6 Å². The Kier molecular flexibility index (Phi) is 8.65. The molecule has 4 heterocycles. The molecule has 290 valence electrons. The van der Waals surface area contributed by atoms with Crippen molar-refractivity contribution in [3.63, 3.8) is 0 Å².